The van der Waals surface area contributed by atoms with Crippen LogP contribution in [0.3, 0.4) is 0 Å². The zero-order valence-electron chi connectivity index (χ0n) is 9.68. The van der Waals surface area contributed by atoms with Gasteiger partial charge in [-0.05, 0) is 24.3 Å². The molecule has 0 amide bonds. The first-order valence-corrected chi connectivity index (χ1v) is 5.32. The first kappa shape index (κ1) is 12.8. The van der Waals surface area contributed by atoms with E-state index in [9.17, 15) is 8.78 Å². The van der Waals surface area contributed by atoms with Crippen LogP contribution in [-0.4, -0.2) is 11.0 Å². The van der Waals surface area contributed by atoms with Crippen LogP contribution in [-0.2, 0) is 0 Å². The highest BCUT2D eigenvalue weighted by atomic mass is 19.1. The van der Waals surface area contributed by atoms with E-state index >= 15 is 0 Å². The topological polar surface area (TPSA) is 67.8 Å². The Morgan fingerprint density at radius 1 is 1.00 bits per heavy atom. The van der Waals surface area contributed by atoms with E-state index in [0.29, 0.717) is 0 Å². The Bertz CT molecular complexity index is 630. The summed E-state index contributed by atoms with van der Waals surface area (Å²) in [6.45, 7) is 0. The van der Waals surface area contributed by atoms with Crippen molar-refractivity contribution >= 4 is 5.84 Å². The molecule has 0 unspecified atom stereocenters. The summed E-state index contributed by atoms with van der Waals surface area (Å²) in [4.78, 5) is 0. The first-order chi connectivity index (χ1) is 9.13. The summed E-state index contributed by atoms with van der Waals surface area (Å²) in [5.74, 6) is -1.91. The number of nitrogens with zero attached hydrogens (tertiary/aromatic N) is 1. The van der Waals surface area contributed by atoms with Gasteiger partial charge in [0.15, 0.2) is 17.4 Å². The van der Waals surface area contributed by atoms with E-state index in [0.717, 1.165) is 6.07 Å². The molecular formula is C13H10F2N2O2. The number of amidine groups is 1. The first-order valence-electron chi connectivity index (χ1n) is 5.32. The van der Waals surface area contributed by atoms with Crippen molar-refractivity contribution in [2.24, 2.45) is 10.9 Å². The fourth-order valence-corrected chi connectivity index (χ4v) is 1.53. The molecule has 0 aliphatic carbocycles. The molecule has 0 aliphatic heterocycles. The molecule has 0 aliphatic rings. The third-order valence-corrected chi connectivity index (χ3v) is 2.40. The summed E-state index contributed by atoms with van der Waals surface area (Å²) >= 11 is 0. The van der Waals surface area contributed by atoms with Gasteiger partial charge in [0.05, 0.1) is 5.56 Å². The van der Waals surface area contributed by atoms with Gasteiger partial charge in [0.1, 0.15) is 11.6 Å². The number of hydrogen-bond acceptors (Lipinski definition) is 3. The van der Waals surface area contributed by atoms with Gasteiger partial charge in [0, 0.05) is 0 Å². The number of nitrogens with two attached hydrogens (primary N) is 1. The highest BCUT2D eigenvalue weighted by molar-refractivity contribution is 5.99. The SMILES string of the molecule is NC(=NO)c1c(F)cccc1Oc1ccccc1F. The van der Waals surface area contributed by atoms with E-state index in [2.05, 4.69) is 5.16 Å². The van der Waals surface area contributed by atoms with Crippen LogP contribution in [0.25, 0.3) is 0 Å². The van der Waals surface area contributed by atoms with Crippen molar-refractivity contribution in [3.8, 4) is 11.5 Å². The van der Waals surface area contributed by atoms with E-state index in [4.69, 9.17) is 15.7 Å². The van der Waals surface area contributed by atoms with Crippen molar-refractivity contribution < 1.29 is 18.7 Å². The van der Waals surface area contributed by atoms with Gasteiger partial charge in [0.25, 0.3) is 0 Å². The highest BCUT2D eigenvalue weighted by Gasteiger charge is 2.15. The second-order valence-electron chi connectivity index (χ2n) is 3.63. The summed E-state index contributed by atoms with van der Waals surface area (Å²) in [7, 11) is 0. The van der Waals surface area contributed by atoms with Crippen molar-refractivity contribution in [1.29, 1.82) is 0 Å². The van der Waals surface area contributed by atoms with Crippen LogP contribution in [0.4, 0.5) is 8.78 Å². The van der Waals surface area contributed by atoms with Crippen LogP contribution in [0.5, 0.6) is 11.5 Å². The van der Waals surface area contributed by atoms with Crippen molar-refractivity contribution in [1.82, 2.24) is 0 Å². The number of benzene rings is 2. The highest BCUT2D eigenvalue weighted by Crippen LogP contribution is 2.28. The molecule has 3 N–H and O–H groups in total. The van der Waals surface area contributed by atoms with Gasteiger partial charge in [-0.2, -0.15) is 0 Å². The van der Waals surface area contributed by atoms with Gasteiger partial charge >= 0.3 is 0 Å². The van der Waals surface area contributed by atoms with Crippen molar-refractivity contribution in [3.63, 3.8) is 0 Å². The van der Waals surface area contributed by atoms with E-state index in [1.165, 1.54) is 30.3 Å². The van der Waals surface area contributed by atoms with Gasteiger partial charge in [-0.3, -0.25) is 0 Å². The minimum Gasteiger partial charge on any atom is -0.453 e. The lowest BCUT2D eigenvalue weighted by Gasteiger charge is -2.11. The molecule has 0 heterocycles. The number of para-hydroxylation sites is 1. The molecule has 0 bridgehead atoms. The number of rotatable bonds is 3. The van der Waals surface area contributed by atoms with Crippen LogP contribution in [0.1, 0.15) is 5.56 Å². The fraction of sp³-hybridized carbons (Fsp3) is 0. The molecule has 19 heavy (non-hydrogen) atoms. The largest absolute Gasteiger partial charge is 0.453 e. The summed E-state index contributed by atoms with van der Waals surface area (Å²) in [5, 5.41) is 11.3. The number of oxime groups is 1. The molecule has 2 rings (SSSR count). The summed E-state index contributed by atoms with van der Waals surface area (Å²) in [5.41, 5.74) is 5.15. The lowest BCUT2D eigenvalue weighted by molar-refractivity contribution is 0.318. The molecule has 0 aromatic heterocycles. The van der Waals surface area contributed by atoms with Gasteiger partial charge in [-0.15, -0.1) is 0 Å². The maximum Gasteiger partial charge on any atom is 0.176 e. The van der Waals surface area contributed by atoms with E-state index in [1.807, 2.05) is 0 Å². The quantitative estimate of drug-likeness (QED) is 0.387. The molecule has 0 radical (unpaired) electrons. The number of ether oxygens (including phenoxy) is 1. The number of halogens is 2. The molecule has 0 saturated heterocycles. The Morgan fingerprint density at radius 2 is 1.63 bits per heavy atom. The Morgan fingerprint density at radius 3 is 2.32 bits per heavy atom. The molecule has 6 heteroatoms. The zero-order valence-corrected chi connectivity index (χ0v) is 9.68. The standard InChI is InChI=1S/C13H10F2N2O2/c14-8-4-1-2-6-10(8)19-11-7-3-5-9(15)12(11)13(16)17-18/h1-7,18H,(H2,16,17). The predicted molar refractivity (Wildman–Crippen MR) is 65.4 cm³/mol. The summed E-state index contributed by atoms with van der Waals surface area (Å²) in [6.07, 6.45) is 0. The smallest absolute Gasteiger partial charge is 0.176 e. The van der Waals surface area contributed by atoms with Crippen LogP contribution in [0.2, 0.25) is 0 Å². The normalized spacial score (nSPS) is 11.4. The molecule has 4 nitrogen and oxygen atoms in total. The van der Waals surface area contributed by atoms with Crippen molar-refractivity contribution in [3.05, 3.63) is 59.7 Å². The predicted octanol–water partition coefficient (Wildman–Crippen LogP) is 2.85. The van der Waals surface area contributed by atoms with E-state index < -0.39 is 17.5 Å². The second-order valence-corrected chi connectivity index (χ2v) is 3.63. The maximum atomic E-state index is 13.6. The minimum absolute atomic E-state index is 0.0413. The van der Waals surface area contributed by atoms with Gasteiger partial charge < -0.3 is 15.7 Å². The Labute approximate surface area is 107 Å². The molecule has 0 fully saturated rings. The van der Waals surface area contributed by atoms with Gasteiger partial charge in [0.2, 0.25) is 0 Å². The molecule has 2 aromatic rings. The Kier molecular flexibility index (Phi) is 3.61. The maximum absolute atomic E-state index is 13.6. The minimum atomic E-state index is -0.732. The molecule has 0 spiro atoms. The lowest BCUT2D eigenvalue weighted by atomic mass is 10.1. The van der Waals surface area contributed by atoms with Crippen LogP contribution in [0.15, 0.2) is 47.6 Å². The molecular weight excluding hydrogens is 254 g/mol. The molecule has 0 atom stereocenters. The van der Waals surface area contributed by atoms with Crippen molar-refractivity contribution in [2.75, 3.05) is 0 Å². The molecule has 98 valence electrons. The van der Waals surface area contributed by atoms with Crippen LogP contribution in [0, 0.1) is 11.6 Å². The van der Waals surface area contributed by atoms with Crippen molar-refractivity contribution in [2.45, 2.75) is 0 Å². The monoisotopic (exact) mass is 264 g/mol. The Hall–Kier alpha value is -2.63. The third-order valence-electron chi connectivity index (χ3n) is 2.40. The zero-order chi connectivity index (χ0) is 13.8. The molecule has 0 saturated carbocycles. The van der Waals surface area contributed by atoms with Gasteiger partial charge in [-0.25, -0.2) is 8.78 Å². The average Bonchev–Trinajstić information content (AvgIpc) is 2.41. The molecule has 2 aromatic carbocycles. The van der Waals surface area contributed by atoms with Gasteiger partial charge in [-0.1, -0.05) is 23.4 Å². The van der Waals surface area contributed by atoms with Crippen LogP contribution < -0.4 is 10.5 Å². The summed E-state index contributed by atoms with van der Waals surface area (Å²) in [6, 6.07) is 9.55. The van der Waals surface area contributed by atoms with E-state index in [1.54, 1.807) is 6.07 Å². The third kappa shape index (κ3) is 2.62. The Balaban J connectivity index is 2.47. The fourth-order valence-electron chi connectivity index (χ4n) is 1.53. The lowest BCUT2D eigenvalue weighted by Crippen LogP contribution is -2.16. The summed E-state index contributed by atoms with van der Waals surface area (Å²) < 4.78 is 32.4. The second kappa shape index (κ2) is 5.34. The number of hydrogen-bond donors (Lipinski definition) is 2. The van der Waals surface area contributed by atoms with E-state index in [-0.39, 0.29) is 17.1 Å². The van der Waals surface area contributed by atoms with Crippen LogP contribution >= 0.6 is 0 Å². The average molecular weight is 264 g/mol.